The fraction of sp³-hybridized carbons (Fsp3) is 0.455. The highest BCUT2D eigenvalue weighted by atomic mass is 16.5. The van der Waals surface area contributed by atoms with Crippen LogP contribution in [-0.2, 0) is 16.1 Å². The molecule has 0 bridgehead atoms. The van der Waals surface area contributed by atoms with Gasteiger partial charge < -0.3 is 9.47 Å². The quantitative estimate of drug-likeness (QED) is 0.541. The summed E-state index contributed by atoms with van der Waals surface area (Å²) in [6.45, 7) is 5.28. The zero-order valence-electron chi connectivity index (χ0n) is 9.55. The first-order chi connectivity index (χ1) is 7.76. The molecule has 0 saturated carbocycles. The minimum atomic E-state index is -0.352. The number of aryl methyl sites for hydroxylation is 1. The lowest BCUT2D eigenvalue weighted by atomic mass is 10.5. The van der Waals surface area contributed by atoms with Crippen molar-refractivity contribution in [3.63, 3.8) is 0 Å². The summed E-state index contributed by atoms with van der Waals surface area (Å²) in [4.78, 5) is 10.9. The van der Waals surface area contributed by atoms with E-state index in [-0.39, 0.29) is 5.97 Å². The van der Waals surface area contributed by atoms with Gasteiger partial charge in [-0.1, -0.05) is 0 Å². The van der Waals surface area contributed by atoms with Crippen LogP contribution in [0.1, 0.15) is 13.8 Å². The van der Waals surface area contributed by atoms with Crippen molar-refractivity contribution in [2.45, 2.75) is 20.4 Å². The second-order valence-corrected chi connectivity index (χ2v) is 3.00. The largest absolute Gasteiger partial charge is 0.486 e. The predicted octanol–water partition coefficient (Wildman–Crippen LogP) is 1.40. The molecule has 0 aliphatic heterocycles. The summed E-state index contributed by atoms with van der Waals surface area (Å²) in [5, 5.41) is 4.05. The van der Waals surface area contributed by atoms with Gasteiger partial charge in [0.25, 0.3) is 0 Å². The fourth-order valence-electron chi connectivity index (χ4n) is 1.07. The van der Waals surface area contributed by atoms with Crippen molar-refractivity contribution < 1.29 is 14.3 Å². The van der Waals surface area contributed by atoms with Gasteiger partial charge in [-0.3, -0.25) is 4.68 Å². The Morgan fingerprint density at radius 2 is 2.38 bits per heavy atom. The van der Waals surface area contributed by atoms with Crippen molar-refractivity contribution >= 4 is 5.97 Å². The third kappa shape index (κ3) is 4.16. The summed E-state index contributed by atoms with van der Waals surface area (Å²) in [5.41, 5.74) is 0. The van der Waals surface area contributed by atoms with Crippen molar-refractivity contribution in [1.29, 1.82) is 0 Å². The maximum absolute atomic E-state index is 10.9. The molecular weight excluding hydrogens is 208 g/mol. The van der Waals surface area contributed by atoms with Crippen LogP contribution in [0, 0.1) is 0 Å². The normalized spacial score (nSPS) is 10.6. The highest BCUT2D eigenvalue weighted by Gasteiger charge is 1.96. The fourth-order valence-corrected chi connectivity index (χ4v) is 1.07. The Labute approximate surface area is 94.7 Å². The molecule has 0 radical (unpaired) electrons. The van der Waals surface area contributed by atoms with Gasteiger partial charge in [0.05, 0.1) is 19.0 Å². The Kier molecular flexibility index (Phi) is 5.11. The Balaban J connectivity index is 2.27. The average Bonchev–Trinajstić information content (AvgIpc) is 2.73. The van der Waals surface area contributed by atoms with Gasteiger partial charge in [-0.25, -0.2) is 4.79 Å². The molecule has 0 aliphatic rings. The van der Waals surface area contributed by atoms with E-state index in [1.807, 2.05) is 6.92 Å². The lowest BCUT2D eigenvalue weighted by molar-refractivity contribution is -0.137. The summed E-state index contributed by atoms with van der Waals surface area (Å²) in [7, 11) is 0. The first kappa shape index (κ1) is 12.3. The van der Waals surface area contributed by atoms with Gasteiger partial charge in [0.2, 0.25) is 0 Å². The van der Waals surface area contributed by atoms with Gasteiger partial charge in [0, 0.05) is 12.6 Å². The third-order valence-electron chi connectivity index (χ3n) is 1.82. The Bertz CT molecular complexity index is 358. The van der Waals surface area contributed by atoms with Gasteiger partial charge in [-0.2, -0.15) is 5.10 Å². The molecule has 0 saturated heterocycles. The molecule has 0 unspecified atom stereocenters. The van der Waals surface area contributed by atoms with Gasteiger partial charge in [0.1, 0.15) is 6.61 Å². The molecule has 1 rings (SSSR count). The van der Waals surface area contributed by atoms with Crippen molar-refractivity contribution in [1.82, 2.24) is 9.78 Å². The Hall–Kier alpha value is -1.78. The summed E-state index contributed by atoms with van der Waals surface area (Å²) < 4.78 is 11.8. The maximum atomic E-state index is 10.9. The molecule has 1 heterocycles. The molecule has 0 N–H and O–H groups in total. The van der Waals surface area contributed by atoms with E-state index in [9.17, 15) is 4.79 Å². The summed E-state index contributed by atoms with van der Waals surface area (Å²) >= 11 is 0. The maximum Gasteiger partial charge on any atom is 0.330 e. The van der Waals surface area contributed by atoms with E-state index in [0.717, 1.165) is 6.54 Å². The highest BCUT2D eigenvalue weighted by Crippen LogP contribution is 2.07. The molecular formula is C11H16N2O3. The van der Waals surface area contributed by atoms with Crippen LogP contribution < -0.4 is 4.74 Å². The molecule has 16 heavy (non-hydrogen) atoms. The van der Waals surface area contributed by atoms with E-state index in [1.54, 1.807) is 30.1 Å². The number of esters is 1. The van der Waals surface area contributed by atoms with Gasteiger partial charge in [0.15, 0.2) is 5.75 Å². The molecule has 0 aliphatic carbocycles. The first-order valence-corrected chi connectivity index (χ1v) is 5.24. The van der Waals surface area contributed by atoms with Crippen molar-refractivity contribution in [3.8, 4) is 5.75 Å². The smallest absolute Gasteiger partial charge is 0.330 e. The minimum absolute atomic E-state index is 0.328. The number of carbonyl (C=O) groups excluding carboxylic acids is 1. The standard InChI is InChI=1S/C11H16N2O3/c1-3-13-9-10(8-12-13)16-7-5-6-11(14)15-4-2/h5-6,8-9H,3-4,7H2,1-2H3/b6-5+. The number of aromatic nitrogens is 2. The van der Waals surface area contributed by atoms with Crippen LogP contribution in [0.5, 0.6) is 5.75 Å². The van der Waals surface area contributed by atoms with Crippen molar-refractivity contribution in [3.05, 3.63) is 24.5 Å². The van der Waals surface area contributed by atoms with Crippen LogP contribution in [0.3, 0.4) is 0 Å². The summed E-state index contributed by atoms with van der Waals surface area (Å²) in [5.74, 6) is 0.339. The van der Waals surface area contributed by atoms with E-state index >= 15 is 0 Å². The molecule has 0 aromatic carbocycles. The molecule has 5 nitrogen and oxygen atoms in total. The van der Waals surface area contributed by atoms with Gasteiger partial charge >= 0.3 is 5.97 Å². The third-order valence-corrected chi connectivity index (χ3v) is 1.82. The molecule has 1 aromatic heterocycles. The number of ether oxygens (including phenoxy) is 2. The first-order valence-electron chi connectivity index (χ1n) is 5.24. The van der Waals surface area contributed by atoms with Crippen LogP contribution in [0.15, 0.2) is 24.5 Å². The SMILES string of the molecule is CCOC(=O)/C=C/COc1cnn(CC)c1. The lowest BCUT2D eigenvalue weighted by Crippen LogP contribution is -2.00. The average molecular weight is 224 g/mol. The van der Waals surface area contributed by atoms with E-state index in [0.29, 0.717) is 19.0 Å². The monoisotopic (exact) mass is 224 g/mol. The van der Waals surface area contributed by atoms with Crippen LogP contribution in [-0.4, -0.2) is 29.0 Å². The van der Waals surface area contributed by atoms with Crippen LogP contribution in [0.2, 0.25) is 0 Å². The van der Waals surface area contributed by atoms with E-state index < -0.39 is 0 Å². The molecule has 1 aromatic rings. The molecule has 0 atom stereocenters. The highest BCUT2D eigenvalue weighted by molar-refractivity contribution is 5.81. The second kappa shape index (κ2) is 6.66. The molecule has 0 fully saturated rings. The van der Waals surface area contributed by atoms with Crippen molar-refractivity contribution in [2.24, 2.45) is 0 Å². The van der Waals surface area contributed by atoms with Crippen LogP contribution in [0.25, 0.3) is 0 Å². The van der Waals surface area contributed by atoms with Gasteiger partial charge in [-0.05, 0) is 19.9 Å². The number of hydrogen-bond donors (Lipinski definition) is 0. The zero-order chi connectivity index (χ0) is 11.8. The molecule has 5 heteroatoms. The molecule has 88 valence electrons. The van der Waals surface area contributed by atoms with Crippen LogP contribution in [0.4, 0.5) is 0 Å². The van der Waals surface area contributed by atoms with Crippen LogP contribution >= 0.6 is 0 Å². The number of rotatable bonds is 6. The number of carbonyl (C=O) groups is 1. The number of nitrogens with zero attached hydrogens (tertiary/aromatic N) is 2. The zero-order valence-corrected chi connectivity index (χ0v) is 9.55. The second-order valence-electron chi connectivity index (χ2n) is 3.00. The summed E-state index contributed by atoms with van der Waals surface area (Å²) in [6.07, 6.45) is 6.41. The predicted molar refractivity (Wildman–Crippen MR) is 59.2 cm³/mol. The number of hydrogen-bond acceptors (Lipinski definition) is 4. The Morgan fingerprint density at radius 1 is 1.56 bits per heavy atom. The topological polar surface area (TPSA) is 53.4 Å². The minimum Gasteiger partial charge on any atom is -0.486 e. The lowest BCUT2D eigenvalue weighted by Gasteiger charge is -1.98. The van der Waals surface area contributed by atoms with Gasteiger partial charge in [-0.15, -0.1) is 0 Å². The molecule has 0 amide bonds. The summed E-state index contributed by atoms with van der Waals surface area (Å²) in [6, 6.07) is 0. The van der Waals surface area contributed by atoms with E-state index in [2.05, 4.69) is 5.10 Å². The van der Waals surface area contributed by atoms with E-state index in [1.165, 1.54) is 6.08 Å². The Morgan fingerprint density at radius 3 is 3.00 bits per heavy atom. The van der Waals surface area contributed by atoms with E-state index in [4.69, 9.17) is 9.47 Å². The van der Waals surface area contributed by atoms with Crippen molar-refractivity contribution in [2.75, 3.05) is 13.2 Å². The molecule has 0 spiro atoms.